The number of methoxy groups -OCH3 is 1. The molecule has 16 heavy (non-hydrogen) atoms. The first kappa shape index (κ1) is 12.9. The van der Waals surface area contributed by atoms with Gasteiger partial charge in [-0.2, -0.15) is 11.2 Å². The molecule has 0 aliphatic rings. The number of hydrogen-bond donors (Lipinski definition) is 0. The molecule has 1 aromatic carbocycles. The van der Waals surface area contributed by atoms with Crippen LogP contribution in [-0.2, 0) is 20.1 Å². The SMILES string of the molecule is COc1c[c-]c(-n2ncc(C)c2C)cc1.[Ir]. The van der Waals surface area contributed by atoms with Gasteiger partial charge >= 0.3 is 0 Å². The minimum absolute atomic E-state index is 0. The van der Waals surface area contributed by atoms with Gasteiger partial charge in [-0.25, -0.2) is 0 Å². The van der Waals surface area contributed by atoms with Gasteiger partial charge in [0.05, 0.1) is 13.3 Å². The monoisotopic (exact) mass is 394 g/mol. The van der Waals surface area contributed by atoms with E-state index in [-0.39, 0.29) is 20.1 Å². The summed E-state index contributed by atoms with van der Waals surface area (Å²) in [7, 11) is 1.64. The molecule has 1 aromatic heterocycles. The van der Waals surface area contributed by atoms with Crippen LogP contribution < -0.4 is 4.74 Å². The van der Waals surface area contributed by atoms with Crippen molar-refractivity contribution in [2.75, 3.05) is 7.11 Å². The summed E-state index contributed by atoms with van der Waals surface area (Å²) in [5.41, 5.74) is 3.25. The van der Waals surface area contributed by atoms with E-state index in [1.54, 1.807) is 7.11 Å². The molecule has 0 saturated heterocycles. The average Bonchev–Trinajstić information content (AvgIpc) is 2.60. The molecule has 0 bridgehead atoms. The van der Waals surface area contributed by atoms with Crippen molar-refractivity contribution >= 4 is 0 Å². The minimum atomic E-state index is 0. The molecule has 0 unspecified atom stereocenters. The summed E-state index contributed by atoms with van der Waals surface area (Å²) in [6.07, 6.45) is 1.85. The van der Waals surface area contributed by atoms with Gasteiger partial charge in [-0.05, 0) is 25.1 Å². The molecule has 0 fully saturated rings. The van der Waals surface area contributed by atoms with Gasteiger partial charge in [-0.1, -0.05) is 0 Å². The smallest absolute Gasteiger partial charge is 0.0606 e. The molecular weight excluding hydrogens is 380 g/mol. The van der Waals surface area contributed by atoms with Gasteiger partial charge in [0, 0.05) is 31.5 Å². The van der Waals surface area contributed by atoms with Crippen LogP contribution in [0.4, 0.5) is 0 Å². The minimum Gasteiger partial charge on any atom is -0.554 e. The molecule has 0 saturated carbocycles. The van der Waals surface area contributed by atoms with Crippen molar-refractivity contribution in [1.29, 1.82) is 0 Å². The van der Waals surface area contributed by atoms with E-state index in [1.165, 1.54) is 5.56 Å². The maximum absolute atomic E-state index is 5.08. The Morgan fingerprint density at radius 1 is 1.31 bits per heavy atom. The molecule has 3 nitrogen and oxygen atoms in total. The predicted molar refractivity (Wildman–Crippen MR) is 58.4 cm³/mol. The Morgan fingerprint density at radius 3 is 2.50 bits per heavy atom. The van der Waals surface area contributed by atoms with Gasteiger partial charge in [-0.3, -0.25) is 4.68 Å². The molecular formula is C12H13IrN2O-. The molecule has 2 rings (SSSR count). The number of hydrogen-bond acceptors (Lipinski definition) is 2. The molecule has 0 spiro atoms. The summed E-state index contributed by atoms with van der Waals surface area (Å²) in [6.45, 7) is 4.09. The molecule has 0 aliphatic carbocycles. The maximum Gasteiger partial charge on any atom is 0.0606 e. The molecule has 0 atom stereocenters. The van der Waals surface area contributed by atoms with Crippen LogP contribution in [-0.4, -0.2) is 16.9 Å². The Balaban J connectivity index is 0.00000128. The number of aromatic nitrogens is 2. The van der Waals surface area contributed by atoms with Gasteiger partial charge in [0.25, 0.3) is 0 Å². The van der Waals surface area contributed by atoms with Crippen LogP contribution in [0.3, 0.4) is 0 Å². The van der Waals surface area contributed by atoms with Crippen molar-refractivity contribution in [2.45, 2.75) is 13.8 Å². The third-order valence-corrected chi connectivity index (χ3v) is 2.49. The number of rotatable bonds is 2. The van der Waals surface area contributed by atoms with E-state index in [9.17, 15) is 0 Å². The van der Waals surface area contributed by atoms with Crippen molar-refractivity contribution in [3.05, 3.63) is 41.7 Å². The first-order valence-corrected chi connectivity index (χ1v) is 4.79. The topological polar surface area (TPSA) is 27.1 Å². The molecule has 0 N–H and O–H groups in total. The zero-order valence-electron chi connectivity index (χ0n) is 9.45. The molecule has 1 radical (unpaired) electrons. The average molecular weight is 393 g/mol. The van der Waals surface area contributed by atoms with Crippen LogP contribution in [0.1, 0.15) is 11.3 Å². The third kappa shape index (κ3) is 2.34. The standard InChI is InChI=1S/C12H13N2O.Ir/c1-9-8-13-14(10(9)2)11-4-6-12(15-3)7-5-11;/h4,6-8H,1-3H3;/q-1;. The first-order valence-electron chi connectivity index (χ1n) is 4.79. The van der Waals surface area contributed by atoms with Gasteiger partial charge in [0.15, 0.2) is 0 Å². The fraction of sp³-hybridized carbons (Fsp3) is 0.250. The van der Waals surface area contributed by atoms with E-state index in [1.807, 2.05) is 42.9 Å². The number of ether oxygens (including phenoxy) is 1. The largest absolute Gasteiger partial charge is 0.554 e. The van der Waals surface area contributed by atoms with Crippen molar-refractivity contribution in [3.8, 4) is 11.4 Å². The summed E-state index contributed by atoms with van der Waals surface area (Å²) in [4.78, 5) is 0. The van der Waals surface area contributed by atoms with Crippen LogP contribution in [0.2, 0.25) is 0 Å². The number of nitrogens with zero attached hydrogens (tertiary/aromatic N) is 2. The second kappa shape index (κ2) is 5.28. The van der Waals surface area contributed by atoms with Crippen molar-refractivity contribution < 1.29 is 24.8 Å². The van der Waals surface area contributed by atoms with Gasteiger partial charge in [0.1, 0.15) is 0 Å². The van der Waals surface area contributed by atoms with E-state index < -0.39 is 0 Å². The maximum atomic E-state index is 5.08. The first-order chi connectivity index (χ1) is 7.22. The summed E-state index contributed by atoms with van der Waals surface area (Å²) >= 11 is 0. The Labute approximate surface area is 109 Å². The second-order valence-corrected chi connectivity index (χ2v) is 3.44. The Bertz CT molecular complexity index is 462. The molecule has 0 amide bonds. The second-order valence-electron chi connectivity index (χ2n) is 3.44. The normalized spacial score (nSPS) is 9.69. The van der Waals surface area contributed by atoms with E-state index >= 15 is 0 Å². The van der Waals surface area contributed by atoms with Crippen LogP contribution >= 0.6 is 0 Å². The van der Waals surface area contributed by atoms with Crippen molar-refractivity contribution in [2.24, 2.45) is 0 Å². The van der Waals surface area contributed by atoms with E-state index in [0.717, 1.165) is 17.1 Å². The Hall–Kier alpha value is -1.12. The molecule has 87 valence electrons. The zero-order valence-corrected chi connectivity index (χ0v) is 11.8. The molecule has 4 heteroatoms. The zero-order chi connectivity index (χ0) is 10.8. The summed E-state index contributed by atoms with van der Waals surface area (Å²) in [6, 6.07) is 8.79. The quantitative estimate of drug-likeness (QED) is 0.732. The predicted octanol–water partition coefficient (Wildman–Crippen LogP) is 2.30. The Morgan fingerprint density at radius 2 is 2.06 bits per heavy atom. The van der Waals surface area contributed by atoms with E-state index in [0.29, 0.717) is 0 Å². The molecule has 2 aromatic rings. The number of aryl methyl sites for hydroxylation is 1. The van der Waals surface area contributed by atoms with E-state index in [2.05, 4.69) is 11.2 Å². The summed E-state index contributed by atoms with van der Waals surface area (Å²) in [5, 5.41) is 4.29. The van der Waals surface area contributed by atoms with Crippen molar-refractivity contribution in [3.63, 3.8) is 0 Å². The van der Waals surface area contributed by atoms with Gasteiger partial charge < -0.3 is 4.74 Å². The van der Waals surface area contributed by atoms with E-state index in [4.69, 9.17) is 4.74 Å². The van der Waals surface area contributed by atoms with Gasteiger partial charge in [-0.15, -0.1) is 18.2 Å². The molecule has 0 aliphatic heterocycles. The third-order valence-electron chi connectivity index (χ3n) is 2.49. The summed E-state index contributed by atoms with van der Waals surface area (Å²) < 4.78 is 6.95. The fourth-order valence-electron chi connectivity index (χ4n) is 1.40. The van der Waals surface area contributed by atoms with Gasteiger partial charge in [0.2, 0.25) is 0 Å². The number of benzene rings is 1. The van der Waals surface area contributed by atoms with Crippen LogP contribution in [0.25, 0.3) is 5.69 Å². The summed E-state index contributed by atoms with van der Waals surface area (Å²) in [5.74, 6) is 0.806. The van der Waals surface area contributed by atoms with Crippen LogP contribution in [0.5, 0.6) is 5.75 Å². The fourth-order valence-corrected chi connectivity index (χ4v) is 1.40. The Kier molecular flexibility index (Phi) is 4.27. The van der Waals surface area contributed by atoms with Crippen molar-refractivity contribution in [1.82, 2.24) is 9.78 Å². The van der Waals surface area contributed by atoms with Crippen LogP contribution in [0.15, 0.2) is 24.4 Å². The van der Waals surface area contributed by atoms with Crippen LogP contribution in [0, 0.1) is 19.9 Å². The molecule has 1 heterocycles.